The maximum atomic E-state index is 13.8. The van der Waals surface area contributed by atoms with Gasteiger partial charge in [-0.15, -0.1) is 0 Å². The average molecular weight is 495 g/mol. The molecule has 2 aromatic carbocycles. The average Bonchev–Trinajstić information content (AvgIpc) is 3.05. The molecule has 2 aliphatic rings. The minimum atomic E-state index is -2.94. The lowest BCUT2D eigenvalue weighted by Crippen LogP contribution is -2.19. The van der Waals surface area contributed by atoms with E-state index < -0.39 is 12.0 Å². The number of aliphatic hydroxyl groups excluding tert-OH is 2. The fourth-order valence-corrected chi connectivity index (χ4v) is 5.50. The second-order valence-electron chi connectivity index (χ2n) is 10.1. The normalized spacial score (nSPS) is 22.9. The molecule has 0 radical (unpaired) electrons. The van der Waals surface area contributed by atoms with Crippen molar-refractivity contribution in [1.29, 1.82) is 0 Å². The Labute approximate surface area is 212 Å². The minimum absolute atomic E-state index is 0.00785. The first-order valence-corrected chi connectivity index (χ1v) is 12.8. The molecule has 2 aromatic rings. The maximum absolute atomic E-state index is 13.8. The molecule has 0 amide bonds. The first kappa shape index (κ1) is 26.3. The van der Waals surface area contributed by atoms with Gasteiger partial charge in [0.15, 0.2) is 0 Å². The highest BCUT2D eigenvalue weighted by atomic mass is 19.3. The second-order valence-corrected chi connectivity index (χ2v) is 10.1. The Bertz CT molecular complexity index is 1170. The van der Waals surface area contributed by atoms with Crippen LogP contribution in [0.3, 0.4) is 0 Å². The topological polar surface area (TPSA) is 49.7 Å². The summed E-state index contributed by atoms with van der Waals surface area (Å²) in [4.78, 5) is 0. The van der Waals surface area contributed by atoms with E-state index >= 15 is 0 Å². The Balaban J connectivity index is 1.61. The molecule has 0 aromatic heterocycles. The molecule has 1 heterocycles. The van der Waals surface area contributed by atoms with Crippen molar-refractivity contribution in [2.24, 2.45) is 11.8 Å². The molecule has 3 nitrogen and oxygen atoms in total. The van der Waals surface area contributed by atoms with E-state index in [2.05, 4.69) is 19.1 Å². The molecule has 192 valence electrons. The molecule has 1 aliphatic heterocycles. The summed E-state index contributed by atoms with van der Waals surface area (Å²) in [6.07, 6.45) is 8.68. The highest BCUT2D eigenvalue weighted by molar-refractivity contribution is 5.73. The van der Waals surface area contributed by atoms with E-state index in [1.165, 1.54) is 17.7 Å². The Morgan fingerprint density at radius 2 is 1.97 bits per heavy atom. The number of alkyl halides is 2. The number of rotatable bonds is 6. The van der Waals surface area contributed by atoms with Gasteiger partial charge in [-0.05, 0) is 78.0 Å². The summed E-state index contributed by atoms with van der Waals surface area (Å²) in [6.45, 7) is 5.46. The van der Waals surface area contributed by atoms with Crippen LogP contribution in [0.1, 0.15) is 68.7 Å². The van der Waals surface area contributed by atoms with Crippen molar-refractivity contribution in [3.05, 3.63) is 88.5 Å². The van der Waals surface area contributed by atoms with Gasteiger partial charge in [0.1, 0.15) is 5.75 Å². The molecule has 4 rings (SSSR count). The molecular formula is C31H36F2O3. The van der Waals surface area contributed by atoms with Gasteiger partial charge in [0, 0.05) is 24.5 Å². The van der Waals surface area contributed by atoms with E-state index in [9.17, 15) is 19.0 Å². The van der Waals surface area contributed by atoms with Crippen LogP contribution in [0.4, 0.5) is 8.78 Å². The van der Waals surface area contributed by atoms with Crippen molar-refractivity contribution in [3.63, 3.8) is 0 Å². The van der Waals surface area contributed by atoms with Crippen molar-refractivity contribution in [3.8, 4) is 5.75 Å². The SMILES string of the molecule is C/C=C(/C(O)/C=C1\CCOc2cc(C(C)(F)F)ccc21)C1CC(c2ccccc2CO)=CCC(C)C1. The number of aliphatic hydroxyl groups is 2. The fourth-order valence-electron chi connectivity index (χ4n) is 5.50. The third-order valence-corrected chi connectivity index (χ3v) is 7.42. The number of halogens is 2. The molecule has 1 aliphatic carbocycles. The minimum Gasteiger partial charge on any atom is -0.493 e. The summed E-state index contributed by atoms with van der Waals surface area (Å²) in [7, 11) is 0. The summed E-state index contributed by atoms with van der Waals surface area (Å²) >= 11 is 0. The second kappa shape index (κ2) is 11.1. The molecule has 36 heavy (non-hydrogen) atoms. The molecule has 0 fully saturated rings. The Hall–Kier alpha value is -2.76. The van der Waals surface area contributed by atoms with Gasteiger partial charge in [-0.1, -0.05) is 55.5 Å². The van der Waals surface area contributed by atoms with Crippen LogP contribution in [0.5, 0.6) is 5.75 Å². The highest BCUT2D eigenvalue weighted by Crippen LogP contribution is 2.41. The number of hydrogen-bond donors (Lipinski definition) is 2. The predicted octanol–water partition coefficient (Wildman–Crippen LogP) is 7.28. The van der Waals surface area contributed by atoms with Crippen molar-refractivity contribution in [2.45, 2.75) is 65.1 Å². The van der Waals surface area contributed by atoms with Crippen LogP contribution < -0.4 is 4.74 Å². The molecule has 0 saturated carbocycles. The highest BCUT2D eigenvalue weighted by Gasteiger charge is 2.29. The van der Waals surface area contributed by atoms with E-state index in [0.717, 1.165) is 54.0 Å². The van der Waals surface area contributed by atoms with Gasteiger partial charge in [-0.25, -0.2) is 8.78 Å². The van der Waals surface area contributed by atoms with Crippen LogP contribution in [0.25, 0.3) is 11.1 Å². The summed E-state index contributed by atoms with van der Waals surface area (Å²) < 4.78 is 33.3. The van der Waals surface area contributed by atoms with E-state index in [0.29, 0.717) is 24.7 Å². The van der Waals surface area contributed by atoms with Gasteiger partial charge in [-0.3, -0.25) is 0 Å². The van der Waals surface area contributed by atoms with Crippen molar-refractivity contribution in [1.82, 2.24) is 0 Å². The van der Waals surface area contributed by atoms with Crippen molar-refractivity contribution in [2.75, 3.05) is 6.61 Å². The zero-order chi connectivity index (χ0) is 25.9. The van der Waals surface area contributed by atoms with Crippen molar-refractivity contribution < 1.29 is 23.7 Å². The molecule has 3 unspecified atom stereocenters. The molecule has 5 heteroatoms. The van der Waals surface area contributed by atoms with Gasteiger partial charge in [-0.2, -0.15) is 0 Å². The Morgan fingerprint density at radius 1 is 1.19 bits per heavy atom. The Morgan fingerprint density at radius 3 is 2.69 bits per heavy atom. The number of ether oxygens (including phenoxy) is 1. The van der Waals surface area contributed by atoms with Crippen LogP contribution in [0, 0.1) is 11.8 Å². The monoisotopic (exact) mass is 494 g/mol. The Kier molecular flexibility index (Phi) is 8.11. The zero-order valence-corrected chi connectivity index (χ0v) is 21.3. The maximum Gasteiger partial charge on any atom is 0.270 e. The van der Waals surface area contributed by atoms with Gasteiger partial charge in [0.05, 0.1) is 19.3 Å². The number of benzene rings is 2. The quantitative estimate of drug-likeness (QED) is 0.415. The summed E-state index contributed by atoms with van der Waals surface area (Å²) in [5.41, 5.74) is 5.76. The third kappa shape index (κ3) is 5.79. The zero-order valence-electron chi connectivity index (χ0n) is 21.3. The van der Waals surface area contributed by atoms with Gasteiger partial charge in [0.2, 0.25) is 0 Å². The molecular weight excluding hydrogens is 458 g/mol. The molecule has 3 atom stereocenters. The van der Waals surface area contributed by atoms with E-state index in [1.807, 2.05) is 37.3 Å². The van der Waals surface area contributed by atoms with E-state index in [4.69, 9.17) is 4.74 Å². The molecule has 0 bridgehead atoms. The summed E-state index contributed by atoms with van der Waals surface area (Å²) in [5.74, 6) is -1.89. The van der Waals surface area contributed by atoms with Gasteiger partial charge in [0.25, 0.3) is 5.92 Å². The lowest BCUT2D eigenvalue weighted by molar-refractivity contribution is 0.0172. The van der Waals surface area contributed by atoms with Crippen LogP contribution in [0.2, 0.25) is 0 Å². The van der Waals surface area contributed by atoms with Crippen LogP contribution >= 0.6 is 0 Å². The van der Waals surface area contributed by atoms with Crippen LogP contribution in [-0.4, -0.2) is 22.9 Å². The number of fused-ring (bicyclic) bond motifs is 1. The number of hydrogen-bond acceptors (Lipinski definition) is 3. The largest absolute Gasteiger partial charge is 0.493 e. The van der Waals surface area contributed by atoms with E-state index in [1.54, 1.807) is 6.07 Å². The standard InChI is InChI=1S/C31H36F2O3/c1-4-26(24-15-20(2)9-10-21(16-24)27-8-6-5-7-23(27)19-34)29(35)17-22-13-14-36-30-18-25(31(3,32)33)11-12-28(22)30/h4-8,10-12,17-18,20,24,29,34-35H,9,13-16,19H2,1-3H3/b22-17+,26-4+. The molecule has 0 saturated heterocycles. The van der Waals surface area contributed by atoms with Crippen LogP contribution in [0.15, 0.2) is 66.3 Å². The lowest BCUT2D eigenvalue weighted by Gasteiger charge is -2.27. The van der Waals surface area contributed by atoms with E-state index in [-0.39, 0.29) is 18.1 Å². The smallest absolute Gasteiger partial charge is 0.270 e. The lowest BCUT2D eigenvalue weighted by atomic mass is 9.81. The molecule has 2 N–H and O–H groups in total. The first-order chi connectivity index (χ1) is 17.2. The molecule has 0 spiro atoms. The van der Waals surface area contributed by atoms with Gasteiger partial charge < -0.3 is 14.9 Å². The first-order valence-electron chi connectivity index (χ1n) is 12.8. The van der Waals surface area contributed by atoms with Crippen LogP contribution in [-0.2, 0) is 12.5 Å². The van der Waals surface area contributed by atoms with Crippen molar-refractivity contribution >= 4 is 11.1 Å². The number of allylic oxidation sites excluding steroid dienone is 3. The summed E-state index contributed by atoms with van der Waals surface area (Å²) in [6, 6.07) is 12.5. The predicted molar refractivity (Wildman–Crippen MR) is 141 cm³/mol. The van der Waals surface area contributed by atoms with Gasteiger partial charge >= 0.3 is 0 Å². The third-order valence-electron chi connectivity index (χ3n) is 7.42. The summed E-state index contributed by atoms with van der Waals surface area (Å²) in [5, 5.41) is 21.3. The fraction of sp³-hybridized carbons (Fsp3) is 0.419.